The van der Waals surface area contributed by atoms with Gasteiger partial charge in [0.25, 0.3) is 11.8 Å². The van der Waals surface area contributed by atoms with Gasteiger partial charge in [-0.25, -0.2) is 23.4 Å². The molecule has 0 radical (unpaired) electrons. The molecule has 0 spiro atoms. The van der Waals surface area contributed by atoms with Gasteiger partial charge in [-0.05, 0) is 80.8 Å². The number of aromatic nitrogens is 4. The molecule has 4 N–H and O–H groups in total. The molecule has 1 amide bonds. The van der Waals surface area contributed by atoms with Crippen LogP contribution in [0.2, 0.25) is 0 Å². The molecule has 2 heterocycles. The molecular formula is C30H30F2N6O2. The van der Waals surface area contributed by atoms with Gasteiger partial charge in [-0.1, -0.05) is 18.1 Å². The molecule has 0 aliphatic heterocycles. The predicted molar refractivity (Wildman–Crippen MR) is 149 cm³/mol. The van der Waals surface area contributed by atoms with Crippen molar-refractivity contribution in [2.24, 2.45) is 0 Å². The lowest BCUT2D eigenvalue weighted by molar-refractivity contribution is 0.0168. The summed E-state index contributed by atoms with van der Waals surface area (Å²) in [6, 6.07) is 9.62. The third kappa shape index (κ3) is 5.51. The van der Waals surface area contributed by atoms with Crippen LogP contribution in [-0.4, -0.2) is 36.9 Å². The maximum atomic E-state index is 14.0. The third-order valence-electron chi connectivity index (χ3n) is 7.31. The third-order valence-corrected chi connectivity index (χ3v) is 7.31. The average molecular weight is 545 g/mol. The number of nitrogen functional groups attached to an aromatic ring is 1. The number of halogens is 2. The topological polar surface area (TPSA) is 119 Å². The Morgan fingerprint density at radius 1 is 1.07 bits per heavy atom. The fraction of sp³-hybridized carbons (Fsp3) is 0.333. The van der Waals surface area contributed by atoms with Crippen LogP contribution in [0.3, 0.4) is 0 Å². The number of anilines is 2. The van der Waals surface area contributed by atoms with Gasteiger partial charge in [0.1, 0.15) is 17.8 Å². The van der Waals surface area contributed by atoms with Crippen molar-refractivity contribution in [1.82, 2.24) is 19.7 Å². The van der Waals surface area contributed by atoms with Crippen molar-refractivity contribution >= 4 is 28.4 Å². The lowest BCUT2D eigenvalue weighted by atomic mass is 9.93. The van der Waals surface area contributed by atoms with E-state index in [0.717, 1.165) is 25.3 Å². The molecule has 2 aromatic heterocycles. The Kier molecular flexibility index (Phi) is 7.25. The van der Waals surface area contributed by atoms with Crippen molar-refractivity contribution in [3.05, 3.63) is 76.2 Å². The van der Waals surface area contributed by atoms with Gasteiger partial charge in [0.15, 0.2) is 5.65 Å². The van der Waals surface area contributed by atoms with Crippen molar-refractivity contribution in [2.75, 3.05) is 11.1 Å². The number of aryl methyl sites for hydroxylation is 2. The molecule has 40 heavy (non-hydrogen) atoms. The minimum atomic E-state index is -3.06. The molecule has 0 unspecified atom stereocenters. The van der Waals surface area contributed by atoms with Crippen LogP contribution in [0.25, 0.3) is 11.0 Å². The number of fused-ring (bicyclic) bond motifs is 1. The highest BCUT2D eigenvalue weighted by Gasteiger charge is 2.28. The molecule has 10 heteroatoms. The Bertz CT molecular complexity index is 1660. The van der Waals surface area contributed by atoms with Crippen molar-refractivity contribution < 1.29 is 18.7 Å². The molecule has 1 aliphatic carbocycles. The second kappa shape index (κ2) is 10.7. The minimum absolute atomic E-state index is 0.0750. The molecule has 0 atom stereocenters. The summed E-state index contributed by atoms with van der Waals surface area (Å²) in [5.74, 6) is 2.97. The number of carbonyl (C=O) groups excluding carboxylic acids is 1. The largest absolute Gasteiger partial charge is 0.393 e. The van der Waals surface area contributed by atoms with Gasteiger partial charge in [-0.15, -0.1) is 0 Å². The van der Waals surface area contributed by atoms with Crippen molar-refractivity contribution in [2.45, 2.75) is 64.5 Å². The molecule has 0 saturated heterocycles. The van der Waals surface area contributed by atoms with E-state index in [-0.39, 0.29) is 29.1 Å². The van der Waals surface area contributed by atoms with Crippen LogP contribution in [0.15, 0.2) is 42.7 Å². The highest BCUT2D eigenvalue weighted by atomic mass is 19.3. The first-order valence-corrected chi connectivity index (χ1v) is 13.1. The van der Waals surface area contributed by atoms with Crippen LogP contribution in [0.5, 0.6) is 0 Å². The first kappa shape index (κ1) is 27.2. The lowest BCUT2D eigenvalue weighted by Crippen LogP contribution is -2.22. The Morgan fingerprint density at radius 3 is 2.52 bits per heavy atom. The van der Waals surface area contributed by atoms with E-state index >= 15 is 0 Å². The summed E-state index contributed by atoms with van der Waals surface area (Å²) in [5.41, 5.74) is 9.62. The number of aliphatic hydroxyl groups is 1. The molecule has 1 fully saturated rings. The zero-order valence-corrected chi connectivity index (χ0v) is 22.5. The Labute approximate surface area is 230 Å². The molecule has 2 aromatic carbocycles. The van der Waals surface area contributed by atoms with E-state index in [9.17, 15) is 18.7 Å². The second-order valence-electron chi connectivity index (χ2n) is 10.4. The van der Waals surface area contributed by atoms with Crippen LogP contribution in [0, 0.1) is 25.7 Å². The van der Waals surface area contributed by atoms with E-state index in [1.165, 1.54) is 24.5 Å². The van der Waals surface area contributed by atoms with Gasteiger partial charge in [0.2, 0.25) is 0 Å². The molecule has 5 rings (SSSR count). The summed E-state index contributed by atoms with van der Waals surface area (Å²) < 4.78 is 29.8. The van der Waals surface area contributed by atoms with Crippen molar-refractivity contribution in [1.29, 1.82) is 0 Å². The number of nitrogens with one attached hydrogen (secondary N) is 1. The predicted octanol–water partition coefficient (Wildman–Crippen LogP) is 5.27. The highest BCUT2D eigenvalue weighted by Crippen LogP contribution is 2.33. The van der Waals surface area contributed by atoms with Crippen LogP contribution in [-0.2, 0) is 5.92 Å². The number of nitrogens with zero attached hydrogens (tertiary/aromatic N) is 4. The van der Waals surface area contributed by atoms with E-state index in [1.54, 1.807) is 19.1 Å². The van der Waals surface area contributed by atoms with Gasteiger partial charge < -0.3 is 16.2 Å². The Morgan fingerprint density at radius 2 is 1.80 bits per heavy atom. The quantitative estimate of drug-likeness (QED) is 0.302. The number of rotatable bonds is 4. The fourth-order valence-electron chi connectivity index (χ4n) is 5.04. The first-order chi connectivity index (χ1) is 19.0. The second-order valence-corrected chi connectivity index (χ2v) is 10.4. The number of aliphatic hydroxyl groups excluding tert-OH is 1. The van der Waals surface area contributed by atoms with Crippen molar-refractivity contribution in [3.8, 4) is 11.8 Å². The van der Waals surface area contributed by atoms with Crippen LogP contribution in [0.1, 0.15) is 77.0 Å². The summed E-state index contributed by atoms with van der Waals surface area (Å²) >= 11 is 0. The summed E-state index contributed by atoms with van der Waals surface area (Å²) in [7, 11) is 0. The van der Waals surface area contributed by atoms with E-state index in [1.807, 2.05) is 17.7 Å². The Balaban J connectivity index is 1.44. The van der Waals surface area contributed by atoms with Gasteiger partial charge >= 0.3 is 0 Å². The first-order valence-electron chi connectivity index (χ1n) is 13.1. The number of carbonyl (C=O) groups is 1. The van der Waals surface area contributed by atoms with Gasteiger partial charge in [0.05, 0.1) is 17.5 Å². The van der Waals surface area contributed by atoms with Crippen LogP contribution in [0.4, 0.5) is 20.3 Å². The Hall–Kier alpha value is -4.36. The maximum Gasteiger partial charge on any atom is 0.270 e. The lowest BCUT2D eigenvalue weighted by Gasteiger charge is -2.25. The number of nitrogens with two attached hydrogens (primary N) is 1. The molecule has 8 nitrogen and oxygen atoms in total. The molecule has 1 aliphatic rings. The normalized spacial score (nSPS) is 17.4. The van der Waals surface area contributed by atoms with Gasteiger partial charge in [-0.3, -0.25) is 4.79 Å². The van der Waals surface area contributed by atoms with Crippen LogP contribution >= 0.6 is 0 Å². The summed E-state index contributed by atoms with van der Waals surface area (Å²) in [6.45, 7) is 4.30. The van der Waals surface area contributed by atoms with Crippen molar-refractivity contribution in [3.63, 3.8) is 0 Å². The SMILES string of the molecule is Cc1ccc(NC(=O)c2ccc(C)c(C(C)(F)F)c2)cc1C#Cc1nn([C@H]2CC[C@H](O)CC2)c2ncnc(N)c12. The average Bonchev–Trinajstić information content (AvgIpc) is 3.29. The highest BCUT2D eigenvalue weighted by molar-refractivity contribution is 6.04. The molecule has 4 aromatic rings. The smallest absolute Gasteiger partial charge is 0.270 e. The fourth-order valence-corrected chi connectivity index (χ4v) is 5.04. The number of alkyl halides is 2. The number of amides is 1. The van der Waals surface area contributed by atoms with E-state index < -0.39 is 11.8 Å². The zero-order valence-electron chi connectivity index (χ0n) is 22.5. The summed E-state index contributed by atoms with van der Waals surface area (Å²) in [4.78, 5) is 21.4. The van der Waals surface area contributed by atoms with Gasteiger partial charge in [-0.2, -0.15) is 5.10 Å². The summed E-state index contributed by atoms with van der Waals surface area (Å²) in [5, 5.41) is 18.0. The molecule has 0 bridgehead atoms. The monoisotopic (exact) mass is 544 g/mol. The summed E-state index contributed by atoms with van der Waals surface area (Å²) in [6.07, 6.45) is 4.03. The van der Waals surface area contributed by atoms with Gasteiger partial charge in [0, 0.05) is 29.3 Å². The molecule has 206 valence electrons. The van der Waals surface area contributed by atoms with E-state index in [2.05, 4.69) is 27.1 Å². The number of hydrogen-bond acceptors (Lipinski definition) is 6. The minimum Gasteiger partial charge on any atom is -0.393 e. The number of benzene rings is 2. The maximum absolute atomic E-state index is 14.0. The van der Waals surface area contributed by atoms with Crippen LogP contribution < -0.4 is 11.1 Å². The molecule has 1 saturated carbocycles. The standard InChI is InChI=1S/C30H30F2N6O2/c1-17-5-8-21(36-29(40)20-6-4-18(2)24(15-20)30(3,31)32)14-19(17)7-13-25-26-27(33)34-16-35-28(26)38(37-25)22-9-11-23(39)12-10-22/h4-6,8,14-16,22-23,39H,9-12H2,1-3H3,(H,36,40)(H2,33,34,35)/t22-,23-. The number of hydrogen-bond donors (Lipinski definition) is 3. The van der Waals surface area contributed by atoms with E-state index in [4.69, 9.17) is 10.8 Å². The zero-order chi connectivity index (χ0) is 28.6. The molecular weight excluding hydrogens is 514 g/mol. The van der Waals surface area contributed by atoms with E-state index in [0.29, 0.717) is 46.4 Å².